The normalized spacial score (nSPS) is 17.0. The third-order valence-corrected chi connectivity index (χ3v) is 8.37. The van der Waals surface area contributed by atoms with E-state index in [1.54, 1.807) is 24.3 Å². The summed E-state index contributed by atoms with van der Waals surface area (Å²) in [7, 11) is 0. The predicted molar refractivity (Wildman–Crippen MR) is 158 cm³/mol. The summed E-state index contributed by atoms with van der Waals surface area (Å²) >= 11 is 0. The van der Waals surface area contributed by atoms with Crippen LogP contribution in [0.15, 0.2) is 78.9 Å². The van der Waals surface area contributed by atoms with Gasteiger partial charge in [0, 0.05) is 30.7 Å². The van der Waals surface area contributed by atoms with Crippen LogP contribution in [0.4, 0.5) is 13.2 Å². The first kappa shape index (κ1) is 31.3. The molecule has 4 rings (SSSR count). The third-order valence-electron chi connectivity index (χ3n) is 8.37. The number of likely N-dealkylation sites (tertiary alicyclic amines) is 1. The lowest BCUT2D eigenvalue weighted by atomic mass is 9.71. The number of carbonyl (C=O) groups is 2. The van der Waals surface area contributed by atoms with Crippen LogP contribution in [0.2, 0.25) is 0 Å². The number of alkyl halides is 3. The first-order chi connectivity index (χ1) is 20.0. The molecule has 1 aliphatic rings. The second-order valence-corrected chi connectivity index (χ2v) is 11.2. The lowest BCUT2D eigenvalue weighted by molar-refractivity contribution is -0.158. The molecule has 1 aliphatic heterocycles. The molecule has 1 amide bonds. The number of piperidine rings is 1. The van der Waals surface area contributed by atoms with Gasteiger partial charge in [-0.25, -0.2) is 0 Å². The van der Waals surface area contributed by atoms with E-state index in [1.165, 1.54) is 12.1 Å². The standard InChI is InChI=1S/C34H39F3N2O3/c1-5-33(32(41)42-23(2)3,26-11-7-6-8-12-26)24(4)39-21-19-28(20-22-39)38-31(40)30-14-10-9-13-29(30)25-15-17-27(18-16-25)34(35,36)37/h6-18,23-24,28H,5,19-22H2,1-4H3,(H,38,40). The molecule has 8 heteroatoms. The molecule has 1 fully saturated rings. The van der Waals surface area contributed by atoms with E-state index in [-0.39, 0.29) is 30.1 Å². The Morgan fingerprint density at radius 3 is 2.05 bits per heavy atom. The van der Waals surface area contributed by atoms with E-state index < -0.39 is 17.2 Å². The van der Waals surface area contributed by atoms with Gasteiger partial charge in [0.1, 0.15) is 5.41 Å². The van der Waals surface area contributed by atoms with Gasteiger partial charge in [-0.05, 0) is 74.9 Å². The molecular weight excluding hydrogens is 541 g/mol. The smallest absolute Gasteiger partial charge is 0.416 e. The van der Waals surface area contributed by atoms with E-state index >= 15 is 0 Å². The quantitative estimate of drug-likeness (QED) is 0.271. The van der Waals surface area contributed by atoms with Crippen molar-refractivity contribution >= 4 is 11.9 Å². The maximum Gasteiger partial charge on any atom is 0.416 e. The molecule has 3 aromatic rings. The van der Waals surface area contributed by atoms with Gasteiger partial charge in [0.05, 0.1) is 11.7 Å². The average molecular weight is 581 g/mol. The van der Waals surface area contributed by atoms with Crippen molar-refractivity contribution < 1.29 is 27.5 Å². The molecule has 2 atom stereocenters. The molecule has 5 nitrogen and oxygen atoms in total. The zero-order chi connectivity index (χ0) is 30.5. The lowest BCUT2D eigenvalue weighted by Crippen LogP contribution is -2.57. The first-order valence-electron chi connectivity index (χ1n) is 14.6. The van der Waals surface area contributed by atoms with E-state index in [0.29, 0.717) is 49.0 Å². The van der Waals surface area contributed by atoms with Crippen molar-refractivity contribution in [2.24, 2.45) is 0 Å². The molecular formula is C34H39F3N2O3. The average Bonchev–Trinajstić information content (AvgIpc) is 2.98. The van der Waals surface area contributed by atoms with Crippen LogP contribution in [0, 0.1) is 0 Å². The number of nitrogens with one attached hydrogen (secondary N) is 1. The number of esters is 1. The van der Waals surface area contributed by atoms with Crippen molar-refractivity contribution in [2.75, 3.05) is 13.1 Å². The van der Waals surface area contributed by atoms with E-state index in [0.717, 1.165) is 17.7 Å². The van der Waals surface area contributed by atoms with Gasteiger partial charge in [0.25, 0.3) is 5.91 Å². The zero-order valence-electron chi connectivity index (χ0n) is 24.6. The van der Waals surface area contributed by atoms with Gasteiger partial charge in [-0.2, -0.15) is 13.2 Å². The molecule has 1 N–H and O–H groups in total. The largest absolute Gasteiger partial charge is 0.462 e. The summed E-state index contributed by atoms with van der Waals surface area (Å²) in [6.07, 6.45) is -2.67. The third kappa shape index (κ3) is 6.70. The molecule has 0 radical (unpaired) electrons. The molecule has 1 heterocycles. The Bertz CT molecular complexity index is 1350. The molecule has 0 bridgehead atoms. The molecule has 224 valence electrons. The summed E-state index contributed by atoms with van der Waals surface area (Å²) in [6, 6.07) is 21.4. The van der Waals surface area contributed by atoms with Crippen molar-refractivity contribution in [2.45, 2.75) is 76.7 Å². The van der Waals surface area contributed by atoms with Crippen LogP contribution in [0.3, 0.4) is 0 Å². The van der Waals surface area contributed by atoms with E-state index in [4.69, 9.17) is 4.74 Å². The van der Waals surface area contributed by atoms with E-state index in [1.807, 2.05) is 51.1 Å². The van der Waals surface area contributed by atoms with Crippen molar-refractivity contribution in [1.82, 2.24) is 10.2 Å². The summed E-state index contributed by atoms with van der Waals surface area (Å²) < 4.78 is 44.9. The molecule has 3 aromatic carbocycles. The monoisotopic (exact) mass is 580 g/mol. The van der Waals surface area contributed by atoms with Gasteiger partial charge in [-0.1, -0.05) is 67.6 Å². The number of carbonyl (C=O) groups excluding carboxylic acids is 2. The van der Waals surface area contributed by atoms with Gasteiger partial charge in [0.2, 0.25) is 0 Å². The van der Waals surface area contributed by atoms with Crippen LogP contribution in [-0.4, -0.2) is 48.1 Å². The number of hydrogen-bond acceptors (Lipinski definition) is 4. The predicted octanol–water partition coefficient (Wildman–Crippen LogP) is 7.25. The van der Waals surface area contributed by atoms with E-state index in [9.17, 15) is 22.8 Å². The molecule has 0 aromatic heterocycles. The summed E-state index contributed by atoms with van der Waals surface area (Å²) in [6.45, 7) is 9.20. The Morgan fingerprint density at radius 1 is 0.881 bits per heavy atom. The minimum Gasteiger partial charge on any atom is -0.462 e. The van der Waals surface area contributed by atoms with Gasteiger partial charge in [-0.15, -0.1) is 0 Å². The highest BCUT2D eigenvalue weighted by Gasteiger charge is 2.48. The minimum atomic E-state index is -4.42. The molecule has 0 spiro atoms. The molecule has 0 aliphatic carbocycles. The SMILES string of the molecule is CCC(C(=O)OC(C)C)(c1ccccc1)C(C)N1CCC(NC(=O)c2ccccc2-c2ccc(C(F)(F)F)cc2)CC1. The fourth-order valence-electron chi connectivity index (χ4n) is 6.01. The number of benzene rings is 3. The highest BCUT2D eigenvalue weighted by atomic mass is 19.4. The Hall–Kier alpha value is -3.65. The maximum atomic E-state index is 13.6. The van der Waals surface area contributed by atoms with Crippen molar-refractivity contribution in [3.8, 4) is 11.1 Å². The Balaban J connectivity index is 1.47. The van der Waals surface area contributed by atoms with Crippen molar-refractivity contribution in [3.05, 3.63) is 95.6 Å². The molecule has 2 unspecified atom stereocenters. The number of rotatable bonds is 9. The fourth-order valence-corrected chi connectivity index (χ4v) is 6.01. The second kappa shape index (κ2) is 13.1. The highest BCUT2D eigenvalue weighted by Crippen LogP contribution is 2.38. The zero-order valence-corrected chi connectivity index (χ0v) is 24.6. The van der Waals surface area contributed by atoms with Crippen molar-refractivity contribution in [3.63, 3.8) is 0 Å². The van der Waals surface area contributed by atoms with Crippen LogP contribution in [-0.2, 0) is 21.1 Å². The van der Waals surface area contributed by atoms with Crippen molar-refractivity contribution in [1.29, 1.82) is 0 Å². The first-order valence-corrected chi connectivity index (χ1v) is 14.6. The van der Waals surface area contributed by atoms with E-state index in [2.05, 4.69) is 17.1 Å². The van der Waals surface area contributed by atoms with Gasteiger partial charge in [-0.3, -0.25) is 14.5 Å². The lowest BCUT2D eigenvalue weighted by Gasteiger charge is -2.45. The number of amides is 1. The van der Waals surface area contributed by atoms with Crippen LogP contribution < -0.4 is 5.32 Å². The summed E-state index contributed by atoms with van der Waals surface area (Å²) in [5.41, 5.74) is 0.907. The highest BCUT2D eigenvalue weighted by molar-refractivity contribution is 6.01. The molecule has 42 heavy (non-hydrogen) atoms. The maximum absolute atomic E-state index is 13.6. The number of nitrogens with zero attached hydrogens (tertiary/aromatic N) is 1. The minimum absolute atomic E-state index is 0.0722. The summed E-state index contributed by atoms with van der Waals surface area (Å²) in [4.78, 5) is 29.3. The molecule has 0 saturated carbocycles. The number of hydrogen-bond donors (Lipinski definition) is 1. The summed E-state index contributed by atoms with van der Waals surface area (Å²) in [5.74, 6) is -0.487. The van der Waals surface area contributed by atoms with Crippen LogP contribution in [0.25, 0.3) is 11.1 Å². The topological polar surface area (TPSA) is 58.6 Å². The van der Waals surface area contributed by atoms with Gasteiger partial charge < -0.3 is 10.1 Å². The number of ether oxygens (including phenoxy) is 1. The Morgan fingerprint density at radius 2 is 1.48 bits per heavy atom. The van der Waals surface area contributed by atoms with Gasteiger partial charge >= 0.3 is 12.1 Å². The van der Waals surface area contributed by atoms with Gasteiger partial charge in [0.15, 0.2) is 0 Å². The van der Waals surface area contributed by atoms with Crippen LogP contribution in [0.1, 0.15) is 68.4 Å². The second-order valence-electron chi connectivity index (χ2n) is 11.2. The summed E-state index contributed by atoms with van der Waals surface area (Å²) in [5, 5.41) is 3.14. The Labute approximate surface area is 246 Å². The Kier molecular flexibility index (Phi) is 9.77. The van der Waals surface area contributed by atoms with Crippen LogP contribution >= 0.6 is 0 Å². The number of halogens is 3. The van der Waals surface area contributed by atoms with Crippen LogP contribution in [0.5, 0.6) is 0 Å². The fraction of sp³-hybridized carbons (Fsp3) is 0.412. The molecule has 1 saturated heterocycles.